The first-order valence-corrected chi connectivity index (χ1v) is 10.7. The number of hydrogen-bond donors (Lipinski definition) is 0. The Morgan fingerprint density at radius 3 is 2.77 bits per heavy atom. The first kappa shape index (κ1) is 21.0. The predicted octanol–water partition coefficient (Wildman–Crippen LogP) is 4.11. The van der Waals surface area contributed by atoms with Gasteiger partial charge < -0.3 is 14.2 Å². The second kappa shape index (κ2) is 8.12. The van der Waals surface area contributed by atoms with Crippen molar-refractivity contribution in [1.29, 1.82) is 0 Å². The van der Waals surface area contributed by atoms with Crippen LogP contribution in [0, 0.1) is 17.3 Å². The number of rotatable bonds is 4. The third-order valence-electron chi connectivity index (χ3n) is 7.27. The highest BCUT2D eigenvalue weighted by Gasteiger charge is 2.58. The lowest BCUT2D eigenvalue weighted by molar-refractivity contribution is -0.239. The van der Waals surface area contributed by atoms with Crippen LogP contribution in [0.5, 0.6) is 0 Å². The molecule has 160 valence electrons. The van der Waals surface area contributed by atoms with Gasteiger partial charge in [0.15, 0.2) is 11.6 Å². The van der Waals surface area contributed by atoms with Crippen LogP contribution < -0.4 is 0 Å². The van der Waals surface area contributed by atoms with Gasteiger partial charge in [-0.1, -0.05) is 44.2 Å². The molecular weight excluding hydrogens is 380 g/mol. The van der Waals surface area contributed by atoms with Gasteiger partial charge in [0, 0.05) is 30.3 Å². The number of Topliss-reactive ketones (excluding diaryl/α,β-unsaturated/α-hetero) is 1. The Labute approximate surface area is 178 Å². The molecule has 3 aliphatic rings. The van der Waals surface area contributed by atoms with Gasteiger partial charge in [-0.3, -0.25) is 4.79 Å². The van der Waals surface area contributed by atoms with Crippen LogP contribution in [0.3, 0.4) is 0 Å². The van der Waals surface area contributed by atoms with Gasteiger partial charge in [-0.15, -0.1) is 0 Å². The molecule has 1 heterocycles. The lowest BCUT2D eigenvalue weighted by Crippen LogP contribution is -2.55. The topological polar surface area (TPSA) is 61.8 Å². The summed E-state index contributed by atoms with van der Waals surface area (Å²) in [4.78, 5) is 24.9. The predicted molar refractivity (Wildman–Crippen MR) is 114 cm³/mol. The van der Waals surface area contributed by atoms with E-state index in [1.165, 1.54) is 13.2 Å². The third-order valence-corrected chi connectivity index (χ3v) is 7.27. The average Bonchev–Trinajstić information content (AvgIpc) is 3.23. The van der Waals surface area contributed by atoms with Crippen LogP contribution in [0.2, 0.25) is 0 Å². The summed E-state index contributed by atoms with van der Waals surface area (Å²) in [5.41, 5.74) is 2.49. The van der Waals surface area contributed by atoms with E-state index in [2.05, 4.69) is 24.7 Å². The zero-order valence-electron chi connectivity index (χ0n) is 18.0. The highest BCUT2D eigenvalue weighted by atomic mass is 16.7. The minimum atomic E-state index is -0.504. The number of carbonyl (C=O) groups is 2. The van der Waals surface area contributed by atoms with Crippen molar-refractivity contribution in [2.45, 2.75) is 45.3 Å². The van der Waals surface area contributed by atoms with E-state index in [4.69, 9.17) is 9.47 Å². The monoisotopic (exact) mass is 410 g/mol. The van der Waals surface area contributed by atoms with Crippen LogP contribution >= 0.6 is 0 Å². The summed E-state index contributed by atoms with van der Waals surface area (Å²) < 4.78 is 16.7. The van der Waals surface area contributed by atoms with E-state index in [-0.39, 0.29) is 29.0 Å². The van der Waals surface area contributed by atoms with Crippen molar-refractivity contribution in [1.82, 2.24) is 0 Å². The molecule has 0 bridgehead atoms. The molecule has 5 nitrogen and oxygen atoms in total. The second-order valence-corrected chi connectivity index (χ2v) is 8.89. The van der Waals surface area contributed by atoms with Crippen molar-refractivity contribution in [3.05, 3.63) is 53.1 Å². The molecule has 0 aromatic heterocycles. The van der Waals surface area contributed by atoms with Crippen molar-refractivity contribution in [2.24, 2.45) is 17.3 Å². The quantitative estimate of drug-likeness (QED) is 0.552. The molecule has 0 radical (unpaired) electrons. The van der Waals surface area contributed by atoms with Crippen LogP contribution in [0.4, 0.5) is 0 Å². The molecule has 1 saturated heterocycles. The number of esters is 1. The van der Waals surface area contributed by atoms with Crippen molar-refractivity contribution >= 4 is 17.8 Å². The zero-order valence-corrected chi connectivity index (χ0v) is 18.0. The summed E-state index contributed by atoms with van der Waals surface area (Å²) >= 11 is 0. The second-order valence-electron chi connectivity index (χ2n) is 8.89. The largest absolute Gasteiger partial charge is 0.466 e. The van der Waals surface area contributed by atoms with Gasteiger partial charge in [-0.2, -0.15) is 0 Å². The Morgan fingerprint density at radius 2 is 2.03 bits per heavy atom. The van der Waals surface area contributed by atoms with Gasteiger partial charge in [-0.25, -0.2) is 4.79 Å². The summed E-state index contributed by atoms with van der Waals surface area (Å²) in [6.45, 7) is 5.59. The van der Waals surface area contributed by atoms with E-state index in [0.717, 1.165) is 36.0 Å². The Morgan fingerprint density at radius 1 is 1.27 bits per heavy atom. The molecule has 1 aromatic rings. The van der Waals surface area contributed by atoms with E-state index in [9.17, 15) is 9.59 Å². The minimum absolute atomic E-state index is 0.187. The van der Waals surface area contributed by atoms with E-state index in [1.54, 1.807) is 6.08 Å². The lowest BCUT2D eigenvalue weighted by Gasteiger charge is -2.52. The number of benzene rings is 1. The maximum atomic E-state index is 13.5. The Bertz CT molecular complexity index is 893. The molecule has 5 heteroatoms. The first-order chi connectivity index (χ1) is 14.4. The molecule has 0 unspecified atom stereocenters. The molecule has 1 spiro atoms. The normalized spacial score (nSPS) is 30.4. The van der Waals surface area contributed by atoms with Gasteiger partial charge in [-0.05, 0) is 41.5 Å². The highest BCUT2D eigenvalue weighted by molar-refractivity contribution is 6.01. The first-order valence-electron chi connectivity index (χ1n) is 10.7. The van der Waals surface area contributed by atoms with Crippen LogP contribution in [0.25, 0.3) is 6.08 Å². The van der Waals surface area contributed by atoms with Crippen LogP contribution in [-0.2, 0) is 30.2 Å². The summed E-state index contributed by atoms with van der Waals surface area (Å²) in [6, 6.07) is 7.92. The maximum Gasteiger partial charge on any atom is 0.330 e. The molecule has 1 aromatic carbocycles. The standard InChI is InChI=1S/C25H30O5/c1-17-21-9-8-20(16-19-6-4-5-18(15-19)7-10-22(26)28-3)23(27)24(21,2)11-12-25(17)29-13-14-30-25/h4-8,10,15,17,21H,9,11-14,16H2,1-3H3/b10-7+/t17-,21-,24-/m0/s1. The summed E-state index contributed by atoms with van der Waals surface area (Å²) in [6.07, 6.45) is 8.29. The Hall–Kier alpha value is -2.24. The van der Waals surface area contributed by atoms with Crippen LogP contribution in [0.15, 0.2) is 42.0 Å². The smallest absolute Gasteiger partial charge is 0.330 e. The Balaban J connectivity index is 1.53. The fourth-order valence-electron chi connectivity index (χ4n) is 5.47. The number of allylic oxidation sites excluding steroid dienone is 2. The average molecular weight is 411 g/mol. The fourth-order valence-corrected chi connectivity index (χ4v) is 5.47. The lowest BCUT2D eigenvalue weighted by atomic mass is 9.55. The van der Waals surface area contributed by atoms with Gasteiger partial charge in [0.25, 0.3) is 0 Å². The number of ether oxygens (including phenoxy) is 3. The van der Waals surface area contributed by atoms with Crippen LogP contribution in [0.1, 0.15) is 44.2 Å². The molecule has 2 fully saturated rings. The number of ketones is 1. The zero-order chi connectivity index (χ0) is 21.4. The van der Waals surface area contributed by atoms with E-state index in [0.29, 0.717) is 19.6 Å². The Kier molecular flexibility index (Phi) is 5.69. The molecule has 1 saturated carbocycles. The number of fused-ring (bicyclic) bond motifs is 1. The molecule has 0 amide bonds. The van der Waals surface area contributed by atoms with Gasteiger partial charge in [0.05, 0.1) is 20.3 Å². The SMILES string of the molecule is COC(=O)/C=C/c1cccc(CC2=CC[C@H]3[C@H](C)C4(CC[C@]3(C)C2=O)OCCO4)c1. The molecule has 2 aliphatic carbocycles. The van der Waals surface area contributed by atoms with E-state index >= 15 is 0 Å². The maximum absolute atomic E-state index is 13.5. The summed E-state index contributed by atoms with van der Waals surface area (Å²) in [5, 5.41) is 0. The van der Waals surface area contributed by atoms with Gasteiger partial charge in [0.2, 0.25) is 0 Å². The molecule has 3 atom stereocenters. The summed E-state index contributed by atoms with van der Waals surface area (Å²) in [7, 11) is 1.36. The van der Waals surface area contributed by atoms with Gasteiger partial charge in [0.1, 0.15) is 0 Å². The third kappa shape index (κ3) is 3.65. The molecule has 0 N–H and O–H groups in total. The molecule has 1 aliphatic heterocycles. The summed E-state index contributed by atoms with van der Waals surface area (Å²) in [5.74, 6) is -0.212. The number of carbonyl (C=O) groups excluding carboxylic acids is 2. The highest BCUT2D eigenvalue weighted by Crippen LogP contribution is 2.56. The number of hydrogen-bond acceptors (Lipinski definition) is 5. The van der Waals surface area contributed by atoms with Crippen molar-refractivity contribution in [3.63, 3.8) is 0 Å². The number of methoxy groups -OCH3 is 1. The fraction of sp³-hybridized carbons (Fsp3) is 0.520. The van der Waals surface area contributed by atoms with Crippen molar-refractivity contribution in [2.75, 3.05) is 20.3 Å². The van der Waals surface area contributed by atoms with Crippen molar-refractivity contribution in [3.8, 4) is 0 Å². The van der Waals surface area contributed by atoms with Gasteiger partial charge >= 0.3 is 5.97 Å². The molecule has 30 heavy (non-hydrogen) atoms. The minimum Gasteiger partial charge on any atom is -0.466 e. The molecule has 4 rings (SSSR count). The van der Waals surface area contributed by atoms with Crippen molar-refractivity contribution < 1.29 is 23.8 Å². The van der Waals surface area contributed by atoms with Crippen LogP contribution in [-0.4, -0.2) is 37.9 Å². The molecular formula is C25H30O5. The van der Waals surface area contributed by atoms with E-state index < -0.39 is 5.79 Å². The van der Waals surface area contributed by atoms with E-state index in [1.807, 2.05) is 24.3 Å².